The van der Waals surface area contributed by atoms with Gasteiger partial charge in [-0.25, -0.2) is 9.37 Å². The molecule has 1 aromatic heterocycles. The Labute approximate surface area is 157 Å². The molecule has 3 unspecified atom stereocenters. The highest BCUT2D eigenvalue weighted by molar-refractivity contribution is 7.22. The summed E-state index contributed by atoms with van der Waals surface area (Å²) in [4.78, 5) is 19.5. The number of nitrogens with one attached hydrogen (secondary N) is 1. The molecule has 1 aliphatic carbocycles. The van der Waals surface area contributed by atoms with E-state index in [4.69, 9.17) is 4.98 Å². The molecule has 0 spiro atoms. The van der Waals surface area contributed by atoms with Crippen LogP contribution < -0.4 is 10.2 Å². The number of carbonyl (C=O) groups excluding carboxylic acids is 1. The summed E-state index contributed by atoms with van der Waals surface area (Å²) < 4.78 is 15.2. The number of para-hydroxylation sites is 1. The summed E-state index contributed by atoms with van der Waals surface area (Å²) in [6.07, 6.45) is 2.13. The van der Waals surface area contributed by atoms with Crippen molar-refractivity contribution in [3.63, 3.8) is 0 Å². The molecule has 1 saturated heterocycles. The van der Waals surface area contributed by atoms with Crippen molar-refractivity contribution >= 4 is 32.6 Å². The lowest BCUT2D eigenvalue weighted by Gasteiger charge is -2.64. The van der Waals surface area contributed by atoms with Crippen molar-refractivity contribution in [2.24, 2.45) is 11.3 Å². The van der Waals surface area contributed by atoms with Gasteiger partial charge in [0.25, 0.3) is 5.91 Å². The van der Waals surface area contributed by atoms with Crippen molar-refractivity contribution in [2.75, 3.05) is 11.4 Å². The number of alkyl halides is 1. The lowest BCUT2D eigenvalue weighted by atomic mass is 9.52. The van der Waals surface area contributed by atoms with E-state index in [2.05, 4.69) is 36.2 Å². The summed E-state index contributed by atoms with van der Waals surface area (Å²) in [5.41, 5.74) is -0.928. The molecule has 2 heterocycles. The van der Waals surface area contributed by atoms with Gasteiger partial charge in [-0.2, -0.15) is 0 Å². The molecule has 2 fully saturated rings. The Morgan fingerprint density at radius 2 is 2.12 bits per heavy atom. The van der Waals surface area contributed by atoms with Crippen molar-refractivity contribution in [1.82, 2.24) is 10.3 Å². The van der Waals surface area contributed by atoms with Gasteiger partial charge in [0.2, 0.25) is 0 Å². The first-order chi connectivity index (χ1) is 12.2. The Balaban J connectivity index is 1.60. The Morgan fingerprint density at radius 1 is 1.38 bits per heavy atom. The fraction of sp³-hybridized carbons (Fsp3) is 0.600. The fourth-order valence-corrected chi connectivity index (χ4v) is 5.78. The van der Waals surface area contributed by atoms with E-state index < -0.39 is 11.6 Å². The standard InChI is InChI=1S/C20H26FN3OS/c1-19(2)15(23-17(25)20(3,4)21)12-8-7-11-24(16(12)19)18-22-13-9-5-6-10-14(13)26-18/h5-6,9-10,12,15-16H,7-8,11H2,1-4H3,(H,23,25). The van der Waals surface area contributed by atoms with Gasteiger partial charge in [0, 0.05) is 30.0 Å². The van der Waals surface area contributed by atoms with Crippen molar-refractivity contribution in [1.29, 1.82) is 0 Å². The second kappa shape index (κ2) is 5.91. The summed E-state index contributed by atoms with van der Waals surface area (Å²) in [5, 5.41) is 4.05. The van der Waals surface area contributed by atoms with Crippen LogP contribution in [0.25, 0.3) is 10.2 Å². The number of hydrogen-bond acceptors (Lipinski definition) is 4. The third-order valence-electron chi connectivity index (χ3n) is 6.02. The van der Waals surface area contributed by atoms with Gasteiger partial charge in [-0.1, -0.05) is 37.3 Å². The molecule has 140 valence electrons. The topological polar surface area (TPSA) is 45.2 Å². The summed E-state index contributed by atoms with van der Waals surface area (Å²) in [7, 11) is 0. The zero-order valence-corrected chi connectivity index (χ0v) is 16.6. The van der Waals surface area contributed by atoms with E-state index in [1.807, 2.05) is 12.1 Å². The van der Waals surface area contributed by atoms with Crippen molar-refractivity contribution in [2.45, 2.75) is 58.3 Å². The molecule has 0 radical (unpaired) electrons. The van der Waals surface area contributed by atoms with Gasteiger partial charge in [0.15, 0.2) is 10.8 Å². The highest BCUT2D eigenvalue weighted by Crippen LogP contribution is 2.54. The summed E-state index contributed by atoms with van der Waals surface area (Å²) in [5.74, 6) is -0.164. The van der Waals surface area contributed by atoms with Crippen molar-refractivity contribution in [3.8, 4) is 0 Å². The van der Waals surface area contributed by atoms with E-state index in [9.17, 15) is 9.18 Å². The largest absolute Gasteiger partial charge is 0.350 e. The van der Waals surface area contributed by atoms with E-state index >= 15 is 0 Å². The van der Waals surface area contributed by atoms with Gasteiger partial charge in [0.05, 0.1) is 10.2 Å². The van der Waals surface area contributed by atoms with Gasteiger partial charge in [-0.15, -0.1) is 0 Å². The van der Waals surface area contributed by atoms with Crippen molar-refractivity contribution in [3.05, 3.63) is 24.3 Å². The average molecular weight is 376 g/mol. The summed E-state index contributed by atoms with van der Waals surface area (Å²) >= 11 is 1.73. The number of piperidine rings is 1. The fourth-order valence-electron chi connectivity index (χ4n) is 4.75. The number of rotatable bonds is 3. The van der Waals surface area contributed by atoms with Crippen LogP contribution in [0.15, 0.2) is 24.3 Å². The highest BCUT2D eigenvalue weighted by Gasteiger charge is 2.60. The minimum atomic E-state index is -1.84. The second-order valence-electron chi connectivity index (χ2n) is 8.65. The molecule has 1 N–H and O–H groups in total. The van der Waals surface area contributed by atoms with E-state index in [1.54, 1.807) is 11.3 Å². The number of carbonyl (C=O) groups is 1. The maximum absolute atomic E-state index is 14.0. The third kappa shape index (κ3) is 2.70. The smallest absolute Gasteiger partial charge is 0.257 e. The van der Waals surface area contributed by atoms with Gasteiger partial charge in [-0.05, 0) is 38.8 Å². The number of amides is 1. The monoisotopic (exact) mass is 375 g/mol. The van der Waals surface area contributed by atoms with Crippen LogP contribution in [0.1, 0.15) is 40.5 Å². The number of aromatic nitrogens is 1. The molecule has 4 rings (SSSR count). The number of fused-ring (bicyclic) bond motifs is 2. The van der Waals surface area contributed by atoms with E-state index in [0.29, 0.717) is 12.0 Å². The Hall–Kier alpha value is -1.69. The number of anilines is 1. The number of nitrogens with zero attached hydrogens (tertiary/aromatic N) is 2. The lowest BCUT2D eigenvalue weighted by Crippen LogP contribution is -2.75. The maximum Gasteiger partial charge on any atom is 0.257 e. The molecule has 1 saturated carbocycles. The third-order valence-corrected chi connectivity index (χ3v) is 7.10. The molecule has 3 atom stereocenters. The van der Waals surface area contributed by atoms with Crippen LogP contribution in [-0.2, 0) is 4.79 Å². The van der Waals surface area contributed by atoms with Crippen molar-refractivity contribution < 1.29 is 9.18 Å². The van der Waals surface area contributed by atoms with E-state index in [-0.39, 0.29) is 11.5 Å². The number of benzene rings is 1. The van der Waals surface area contributed by atoms with Gasteiger partial charge in [-0.3, -0.25) is 4.79 Å². The second-order valence-corrected chi connectivity index (χ2v) is 9.66. The van der Waals surface area contributed by atoms with Gasteiger partial charge in [0.1, 0.15) is 0 Å². The average Bonchev–Trinajstić information content (AvgIpc) is 3.02. The first-order valence-electron chi connectivity index (χ1n) is 9.31. The number of hydrogen-bond donors (Lipinski definition) is 1. The molecule has 0 bridgehead atoms. The van der Waals surface area contributed by atoms with E-state index in [0.717, 1.165) is 30.0 Å². The molecule has 26 heavy (non-hydrogen) atoms. The van der Waals surface area contributed by atoms with Crippen LogP contribution in [0, 0.1) is 11.3 Å². The van der Waals surface area contributed by atoms with Crippen LogP contribution >= 0.6 is 11.3 Å². The molecule has 1 aromatic carbocycles. The predicted octanol–water partition coefficient (Wildman–Crippen LogP) is 4.15. The first kappa shape index (κ1) is 17.7. The Morgan fingerprint density at radius 3 is 2.81 bits per heavy atom. The first-order valence-corrected chi connectivity index (χ1v) is 10.1. The molecule has 2 aromatic rings. The molecule has 4 nitrogen and oxygen atoms in total. The Bertz CT molecular complexity index is 808. The lowest BCUT2D eigenvalue weighted by molar-refractivity contribution is -0.137. The minimum Gasteiger partial charge on any atom is -0.350 e. The van der Waals surface area contributed by atoms with Gasteiger partial charge >= 0.3 is 0 Å². The summed E-state index contributed by atoms with van der Waals surface area (Å²) in [6.45, 7) is 7.98. The number of halogens is 1. The zero-order chi connectivity index (χ0) is 18.7. The molecular weight excluding hydrogens is 349 g/mol. The van der Waals surface area contributed by atoms with Crippen LogP contribution in [-0.4, -0.2) is 35.2 Å². The SMILES string of the molecule is CC(C)(F)C(=O)NC1C2CCCN(c3nc4ccccc4s3)C2C1(C)C. The van der Waals surface area contributed by atoms with Crippen LogP contribution in [0.5, 0.6) is 0 Å². The molecule has 6 heteroatoms. The molecule has 1 amide bonds. The number of thiazole rings is 1. The quantitative estimate of drug-likeness (QED) is 0.876. The zero-order valence-electron chi connectivity index (χ0n) is 15.8. The normalized spacial score (nSPS) is 27.7. The minimum absolute atomic E-state index is 0.00667. The molecular formula is C20H26FN3OS. The Kier molecular flexibility index (Phi) is 4.03. The maximum atomic E-state index is 14.0. The predicted molar refractivity (Wildman–Crippen MR) is 104 cm³/mol. The van der Waals surface area contributed by atoms with Crippen LogP contribution in [0.3, 0.4) is 0 Å². The molecule has 1 aliphatic heterocycles. The van der Waals surface area contributed by atoms with Gasteiger partial charge < -0.3 is 10.2 Å². The van der Waals surface area contributed by atoms with E-state index in [1.165, 1.54) is 18.5 Å². The highest BCUT2D eigenvalue weighted by atomic mass is 32.1. The molecule has 2 aliphatic rings. The van der Waals surface area contributed by atoms with Crippen LogP contribution in [0.4, 0.5) is 9.52 Å². The summed E-state index contributed by atoms with van der Waals surface area (Å²) in [6, 6.07) is 8.55. The van der Waals surface area contributed by atoms with Crippen LogP contribution in [0.2, 0.25) is 0 Å².